The van der Waals surface area contributed by atoms with Gasteiger partial charge in [0.1, 0.15) is 0 Å². The first-order valence-corrected chi connectivity index (χ1v) is 9.29. The van der Waals surface area contributed by atoms with E-state index in [2.05, 4.69) is 20.4 Å². The standard InChI is InChI=1S/2C8H6N2S2.Zn/c2*11-8-10-9-7(12-8)6-4-2-1-3-5-6;/h2*1-5H,(H,10,11);/q;;+2/p-2. The molecule has 4 aromatic rings. The first kappa shape index (κ1) is 19.9. The van der Waals surface area contributed by atoms with Gasteiger partial charge in [-0.05, 0) is 19.8 Å². The number of nitrogens with zero attached hydrogens (tertiary/aromatic N) is 4. The summed E-state index contributed by atoms with van der Waals surface area (Å²) >= 11 is 12.6. The fourth-order valence-corrected chi connectivity index (χ4v) is 3.53. The Bertz CT molecular complexity index is 821. The Balaban J connectivity index is 0.000000173. The third-order valence-electron chi connectivity index (χ3n) is 2.85. The summed E-state index contributed by atoms with van der Waals surface area (Å²) in [5.74, 6) is 0. The summed E-state index contributed by atoms with van der Waals surface area (Å²) in [7, 11) is 0. The van der Waals surface area contributed by atoms with Crippen LogP contribution in [0.15, 0.2) is 69.3 Å². The molecule has 0 atom stereocenters. The average molecular weight is 452 g/mol. The molecule has 0 saturated carbocycles. The molecule has 0 radical (unpaired) electrons. The van der Waals surface area contributed by atoms with E-state index in [1.165, 1.54) is 22.7 Å². The van der Waals surface area contributed by atoms with Crippen molar-refractivity contribution in [1.82, 2.24) is 20.4 Å². The van der Waals surface area contributed by atoms with Crippen molar-refractivity contribution in [2.75, 3.05) is 0 Å². The van der Waals surface area contributed by atoms with Crippen molar-refractivity contribution in [2.24, 2.45) is 0 Å². The Hall–Kier alpha value is -1.38. The van der Waals surface area contributed by atoms with Crippen molar-refractivity contribution < 1.29 is 19.5 Å². The maximum Gasteiger partial charge on any atom is 2.00 e. The topological polar surface area (TPSA) is 51.6 Å². The summed E-state index contributed by atoms with van der Waals surface area (Å²) in [5.41, 5.74) is 2.15. The van der Waals surface area contributed by atoms with Crippen LogP contribution in [-0.2, 0) is 44.7 Å². The van der Waals surface area contributed by atoms with E-state index >= 15 is 0 Å². The largest absolute Gasteiger partial charge is 2.00 e. The molecule has 0 saturated heterocycles. The van der Waals surface area contributed by atoms with Crippen molar-refractivity contribution in [1.29, 1.82) is 0 Å². The zero-order valence-electron chi connectivity index (χ0n) is 12.9. The van der Waals surface area contributed by atoms with Gasteiger partial charge in [0.15, 0.2) is 0 Å². The molecule has 120 valence electrons. The van der Waals surface area contributed by atoms with Crippen molar-refractivity contribution >= 4 is 47.9 Å². The normalized spacial score (nSPS) is 9.60. The van der Waals surface area contributed by atoms with Gasteiger partial charge in [-0.1, -0.05) is 60.7 Å². The van der Waals surface area contributed by atoms with E-state index in [4.69, 9.17) is 25.3 Å². The van der Waals surface area contributed by atoms with Gasteiger partial charge in [-0.2, -0.15) is 20.4 Å². The number of hydrogen-bond donors (Lipinski definition) is 0. The van der Waals surface area contributed by atoms with Crippen molar-refractivity contribution in [3.05, 3.63) is 60.7 Å². The van der Waals surface area contributed by atoms with Crippen LogP contribution in [0.5, 0.6) is 0 Å². The van der Waals surface area contributed by atoms with Gasteiger partial charge in [0.25, 0.3) is 0 Å². The van der Waals surface area contributed by atoms with Crippen LogP contribution in [0.4, 0.5) is 0 Å². The van der Waals surface area contributed by atoms with Gasteiger partial charge in [0.05, 0.1) is 10.0 Å². The number of aromatic nitrogens is 4. The van der Waals surface area contributed by atoms with Crippen LogP contribution < -0.4 is 0 Å². The van der Waals surface area contributed by atoms with E-state index in [0.29, 0.717) is 8.68 Å². The molecule has 0 N–H and O–H groups in total. The third-order valence-corrected chi connectivity index (χ3v) is 5.05. The molecule has 2 aromatic carbocycles. The zero-order chi connectivity index (χ0) is 16.8. The Kier molecular flexibility index (Phi) is 7.93. The van der Waals surface area contributed by atoms with Crippen molar-refractivity contribution in [2.45, 2.75) is 8.68 Å². The second kappa shape index (κ2) is 9.94. The van der Waals surface area contributed by atoms with Gasteiger partial charge in [-0.25, -0.2) is 0 Å². The minimum Gasteiger partial charge on any atom is -0.406 e. The first-order chi connectivity index (χ1) is 11.7. The second-order valence-electron chi connectivity index (χ2n) is 4.48. The maximum absolute atomic E-state index is 4.88. The number of hydrogen-bond acceptors (Lipinski definition) is 8. The first-order valence-electron chi connectivity index (χ1n) is 6.84. The second-order valence-corrected chi connectivity index (χ2v) is 7.72. The molecule has 4 nitrogen and oxygen atoms in total. The van der Waals surface area contributed by atoms with E-state index in [1.54, 1.807) is 0 Å². The average Bonchev–Trinajstić information content (AvgIpc) is 3.26. The molecule has 0 amide bonds. The molecule has 0 fully saturated rings. The molecule has 0 bridgehead atoms. The van der Waals surface area contributed by atoms with Gasteiger partial charge < -0.3 is 47.9 Å². The smallest absolute Gasteiger partial charge is 0.406 e. The molecular weight excluding hydrogens is 442 g/mol. The maximum atomic E-state index is 4.88. The summed E-state index contributed by atoms with van der Waals surface area (Å²) in [6, 6.07) is 19.8. The van der Waals surface area contributed by atoms with Crippen LogP contribution in [0.2, 0.25) is 0 Å². The minimum atomic E-state index is 0. The summed E-state index contributed by atoms with van der Waals surface area (Å²) < 4.78 is 1.18. The predicted molar refractivity (Wildman–Crippen MR) is 102 cm³/mol. The fraction of sp³-hybridized carbons (Fsp3) is 0. The SMILES string of the molecule is [S-]c1nnc(-c2ccccc2)s1.[S-]c1nnc(-c2ccccc2)s1.[Zn+2]. The zero-order valence-corrected chi connectivity index (χ0v) is 19.1. The van der Waals surface area contributed by atoms with Crippen LogP contribution in [0, 0.1) is 0 Å². The van der Waals surface area contributed by atoms with Gasteiger partial charge in [0.2, 0.25) is 0 Å². The minimum absolute atomic E-state index is 0. The number of rotatable bonds is 2. The molecule has 4 rings (SSSR count). The molecule has 2 aromatic heterocycles. The fourth-order valence-electron chi connectivity index (χ4n) is 1.81. The Morgan fingerprint density at radius 3 is 1.20 bits per heavy atom. The molecule has 0 aliphatic heterocycles. The van der Waals surface area contributed by atoms with Gasteiger partial charge in [-0.3, -0.25) is 0 Å². The number of benzene rings is 2. The summed E-state index contributed by atoms with van der Waals surface area (Å²) in [6.07, 6.45) is 0. The predicted octanol–water partition coefficient (Wildman–Crippen LogP) is 4.22. The molecule has 2 heterocycles. The van der Waals surface area contributed by atoms with Crippen LogP contribution in [-0.4, -0.2) is 20.4 Å². The molecule has 0 aliphatic rings. The molecule has 9 heteroatoms. The molecule has 0 unspecified atom stereocenters. The molecule has 0 aliphatic carbocycles. The Morgan fingerprint density at radius 2 is 0.920 bits per heavy atom. The summed E-state index contributed by atoms with van der Waals surface area (Å²) in [4.78, 5) is 0. The van der Waals surface area contributed by atoms with Crippen LogP contribution in [0.3, 0.4) is 0 Å². The van der Waals surface area contributed by atoms with E-state index in [9.17, 15) is 0 Å². The monoisotopic (exact) mass is 450 g/mol. The molecular formula is C16H10N4S4Zn. The summed E-state index contributed by atoms with van der Waals surface area (Å²) in [5, 5.41) is 17.2. The van der Waals surface area contributed by atoms with Gasteiger partial charge >= 0.3 is 19.5 Å². The van der Waals surface area contributed by atoms with E-state index in [0.717, 1.165) is 21.1 Å². The van der Waals surface area contributed by atoms with Crippen LogP contribution in [0.25, 0.3) is 21.1 Å². The van der Waals surface area contributed by atoms with Crippen LogP contribution >= 0.6 is 22.7 Å². The van der Waals surface area contributed by atoms with Crippen LogP contribution in [0.1, 0.15) is 0 Å². The molecule has 0 spiro atoms. The van der Waals surface area contributed by atoms with Gasteiger partial charge in [0, 0.05) is 0 Å². The van der Waals surface area contributed by atoms with Crippen molar-refractivity contribution in [3.8, 4) is 21.1 Å². The van der Waals surface area contributed by atoms with Gasteiger partial charge in [-0.15, -0.1) is 0 Å². The Morgan fingerprint density at radius 1 is 0.560 bits per heavy atom. The Labute approximate surface area is 177 Å². The molecule has 25 heavy (non-hydrogen) atoms. The quantitative estimate of drug-likeness (QED) is 0.336. The summed E-state index contributed by atoms with van der Waals surface area (Å²) in [6.45, 7) is 0. The van der Waals surface area contributed by atoms with E-state index in [-0.39, 0.29) is 19.5 Å². The van der Waals surface area contributed by atoms with Crippen molar-refractivity contribution in [3.63, 3.8) is 0 Å². The third kappa shape index (κ3) is 5.83. The van der Waals surface area contributed by atoms with E-state index < -0.39 is 0 Å². The van der Waals surface area contributed by atoms with E-state index in [1.807, 2.05) is 60.7 Å².